The van der Waals surface area contributed by atoms with E-state index in [1.54, 1.807) is 6.20 Å². The van der Waals surface area contributed by atoms with Crippen molar-refractivity contribution in [3.8, 4) is 0 Å². The lowest BCUT2D eigenvalue weighted by Gasteiger charge is -2.08. The Balaban J connectivity index is 3.07. The number of nitrogens with zero attached hydrogens (tertiary/aromatic N) is 2. The molecular formula is C9H13BrN4. The van der Waals surface area contributed by atoms with Gasteiger partial charge < -0.3 is 5.43 Å². The highest BCUT2D eigenvalue weighted by Crippen LogP contribution is 2.13. The van der Waals surface area contributed by atoms with Crippen LogP contribution in [-0.2, 0) is 0 Å². The van der Waals surface area contributed by atoms with Crippen molar-refractivity contribution < 1.29 is 0 Å². The summed E-state index contributed by atoms with van der Waals surface area (Å²) >= 11 is 3.39. The molecule has 0 spiro atoms. The number of halogens is 1. The molecule has 76 valence electrons. The first-order valence-electron chi connectivity index (χ1n) is 4.30. The Hall–Kier alpha value is -0.940. The number of aliphatic imine (C=N–C) groups is 1. The summed E-state index contributed by atoms with van der Waals surface area (Å²) in [5.74, 6) is 5.97. The van der Waals surface area contributed by atoms with Crippen LogP contribution in [-0.4, -0.2) is 16.9 Å². The number of aromatic nitrogens is 1. The quantitative estimate of drug-likeness (QED) is 0.365. The van der Waals surface area contributed by atoms with Crippen LogP contribution in [0.25, 0.3) is 0 Å². The zero-order valence-electron chi connectivity index (χ0n) is 8.16. The smallest absolute Gasteiger partial charge is 0.162 e. The third-order valence-electron chi connectivity index (χ3n) is 1.51. The van der Waals surface area contributed by atoms with Gasteiger partial charge in [-0.1, -0.05) is 0 Å². The van der Waals surface area contributed by atoms with Crippen LogP contribution in [0.15, 0.2) is 27.8 Å². The molecule has 0 unspecified atom stereocenters. The number of nitrogens with two attached hydrogens (primary N) is 1. The molecule has 1 rings (SSSR count). The molecule has 1 aromatic heterocycles. The van der Waals surface area contributed by atoms with Crippen molar-refractivity contribution in [3.05, 3.63) is 28.5 Å². The first kappa shape index (κ1) is 11.1. The maximum Gasteiger partial charge on any atom is 0.162 e. The average molecular weight is 257 g/mol. The maximum absolute atomic E-state index is 5.38. The van der Waals surface area contributed by atoms with Gasteiger partial charge in [-0.2, -0.15) is 0 Å². The van der Waals surface area contributed by atoms with Gasteiger partial charge in [0.25, 0.3) is 0 Å². The molecule has 0 atom stereocenters. The van der Waals surface area contributed by atoms with Crippen molar-refractivity contribution in [2.75, 3.05) is 0 Å². The zero-order valence-corrected chi connectivity index (χ0v) is 9.75. The largest absolute Gasteiger partial charge is 0.307 e. The highest BCUT2D eigenvalue weighted by Gasteiger charge is 2.07. The van der Waals surface area contributed by atoms with Crippen molar-refractivity contribution in [2.45, 2.75) is 19.9 Å². The van der Waals surface area contributed by atoms with Crippen molar-refractivity contribution in [1.29, 1.82) is 0 Å². The van der Waals surface area contributed by atoms with Crippen LogP contribution >= 0.6 is 15.9 Å². The van der Waals surface area contributed by atoms with Gasteiger partial charge in [0, 0.05) is 16.7 Å². The maximum atomic E-state index is 5.38. The predicted molar refractivity (Wildman–Crippen MR) is 60.9 cm³/mol. The van der Waals surface area contributed by atoms with Crippen LogP contribution in [0.4, 0.5) is 0 Å². The summed E-state index contributed by atoms with van der Waals surface area (Å²) in [7, 11) is 0. The Bertz CT molecular complexity index is 335. The van der Waals surface area contributed by atoms with Gasteiger partial charge >= 0.3 is 0 Å². The van der Waals surface area contributed by atoms with E-state index in [-0.39, 0.29) is 6.04 Å². The summed E-state index contributed by atoms with van der Waals surface area (Å²) in [6.45, 7) is 3.96. The molecule has 0 aliphatic heterocycles. The molecule has 0 fully saturated rings. The van der Waals surface area contributed by atoms with Crippen LogP contribution in [0.2, 0.25) is 0 Å². The lowest BCUT2D eigenvalue weighted by atomic mass is 10.3. The molecule has 14 heavy (non-hydrogen) atoms. The van der Waals surface area contributed by atoms with Crippen LogP contribution in [0, 0.1) is 0 Å². The topological polar surface area (TPSA) is 63.3 Å². The van der Waals surface area contributed by atoms with Crippen LogP contribution < -0.4 is 11.3 Å². The molecule has 0 aromatic carbocycles. The van der Waals surface area contributed by atoms with E-state index in [1.165, 1.54) is 0 Å². The summed E-state index contributed by atoms with van der Waals surface area (Å²) in [6.07, 6.45) is 1.70. The van der Waals surface area contributed by atoms with E-state index in [4.69, 9.17) is 5.84 Å². The molecule has 0 aliphatic carbocycles. The first-order valence-corrected chi connectivity index (χ1v) is 5.09. The Kier molecular flexibility index (Phi) is 4.03. The van der Waals surface area contributed by atoms with Gasteiger partial charge in [-0.15, -0.1) is 0 Å². The standard InChI is InChI=1S/C9H13BrN4/c1-6(2)13-9(14-11)8-7(10)4-3-5-12-8/h3-6H,11H2,1-2H3,(H,13,14). The average Bonchev–Trinajstić information content (AvgIpc) is 2.15. The number of hydrogen-bond acceptors (Lipinski definition) is 3. The molecule has 1 aromatic rings. The Labute approximate surface area is 91.7 Å². The molecule has 0 amide bonds. The van der Waals surface area contributed by atoms with E-state index < -0.39 is 0 Å². The minimum atomic E-state index is 0.176. The third kappa shape index (κ3) is 2.78. The fraction of sp³-hybridized carbons (Fsp3) is 0.333. The molecule has 4 nitrogen and oxygen atoms in total. The molecule has 1 heterocycles. The Morgan fingerprint density at radius 3 is 2.86 bits per heavy atom. The minimum absolute atomic E-state index is 0.176. The molecule has 0 saturated carbocycles. The van der Waals surface area contributed by atoms with E-state index in [9.17, 15) is 0 Å². The molecule has 0 radical (unpaired) electrons. The van der Waals surface area contributed by atoms with Crippen LogP contribution in [0.1, 0.15) is 19.5 Å². The van der Waals surface area contributed by atoms with Gasteiger partial charge in [-0.05, 0) is 41.9 Å². The van der Waals surface area contributed by atoms with Gasteiger partial charge in [-0.3, -0.25) is 9.98 Å². The zero-order chi connectivity index (χ0) is 10.6. The van der Waals surface area contributed by atoms with Crippen molar-refractivity contribution >= 4 is 21.8 Å². The second kappa shape index (κ2) is 5.07. The number of nitrogens with one attached hydrogen (secondary N) is 1. The highest BCUT2D eigenvalue weighted by molar-refractivity contribution is 9.10. The highest BCUT2D eigenvalue weighted by atomic mass is 79.9. The summed E-state index contributed by atoms with van der Waals surface area (Å²) in [5, 5.41) is 0. The van der Waals surface area contributed by atoms with Gasteiger partial charge in [-0.25, -0.2) is 5.84 Å². The number of hydrazine groups is 1. The Morgan fingerprint density at radius 2 is 2.36 bits per heavy atom. The lowest BCUT2D eigenvalue weighted by Crippen LogP contribution is -2.33. The third-order valence-corrected chi connectivity index (χ3v) is 2.15. The lowest BCUT2D eigenvalue weighted by molar-refractivity contribution is 0.818. The fourth-order valence-electron chi connectivity index (χ4n) is 0.985. The molecule has 0 saturated heterocycles. The van der Waals surface area contributed by atoms with Gasteiger partial charge in [0.1, 0.15) is 5.69 Å². The summed E-state index contributed by atoms with van der Waals surface area (Å²) < 4.78 is 0.873. The van der Waals surface area contributed by atoms with Crippen molar-refractivity contribution in [1.82, 2.24) is 10.4 Å². The molecule has 5 heteroatoms. The molecule has 0 aliphatic rings. The van der Waals surface area contributed by atoms with E-state index >= 15 is 0 Å². The van der Waals surface area contributed by atoms with E-state index in [0.717, 1.165) is 10.2 Å². The summed E-state index contributed by atoms with van der Waals surface area (Å²) in [6, 6.07) is 3.92. The monoisotopic (exact) mass is 256 g/mol. The number of hydrogen-bond donors (Lipinski definition) is 2. The molecular weight excluding hydrogens is 244 g/mol. The van der Waals surface area contributed by atoms with E-state index in [1.807, 2.05) is 26.0 Å². The first-order chi connectivity index (χ1) is 6.65. The normalized spacial score (nSPS) is 11.9. The summed E-state index contributed by atoms with van der Waals surface area (Å²) in [4.78, 5) is 8.50. The van der Waals surface area contributed by atoms with Gasteiger partial charge in [0.05, 0.1) is 0 Å². The molecule has 0 bridgehead atoms. The number of rotatable bonds is 2. The second-order valence-corrected chi connectivity index (χ2v) is 3.90. The fourth-order valence-corrected chi connectivity index (χ4v) is 1.43. The number of amidine groups is 1. The van der Waals surface area contributed by atoms with E-state index in [2.05, 4.69) is 31.3 Å². The van der Waals surface area contributed by atoms with Crippen LogP contribution in [0.5, 0.6) is 0 Å². The van der Waals surface area contributed by atoms with Gasteiger partial charge in [0.2, 0.25) is 0 Å². The minimum Gasteiger partial charge on any atom is -0.307 e. The van der Waals surface area contributed by atoms with Crippen LogP contribution in [0.3, 0.4) is 0 Å². The summed E-state index contributed by atoms with van der Waals surface area (Å²) in [5.41, 5.74) is 3.27. The van der Waals surface area contributed by atoms with E-state index in [0.29, 0.717) is 5.84 Å². The SMILES string of the molecule is CC(C)N=C(NN)c1ncccc1Br. The predicted octanol–water partition coefficient (Wildman–Crippen LogP) is 1.46. The van der Waals surface area contributed by atoms with Crippen molar-refractivity contribution in [3.63, 3.8) is 0 Å². The molecule has 3 N–H and O–H groups in total. The van der Waals surface area contributed by atoms with Gasteiger partial charge in [0.15, 0.2) is 5.84 Å². The number of pyridine rings is 1. The van der Waals surface area contributed by atoms with Crippen molar-refractivity contribution in [2.24, 2.45) is 10.8 Å². The second-order valence-electron chi connectivity index (χ2n) is 3.05. The Morgan fingerprint density at radius 1 is 1.64 bits per heavy atom.